The van der Waals surface area contributed by atoms with Crippen molar-refractivity contribution < 1.29 is 0 Å². The Balaban J connectivity index is 2.58. The molecule has 0 spiro atoms. The van der Waals surface area contributed by atoms with Crippen LogP contribution in [0.3, 0.4) is 0 Å². The second-order valence-electron chi connectivity index (χ2n) is 6.04. The highest BCUT2D eigenvalue weighted by atomic mass is 31.1. The molecule has 0 aliphatic carbocycles. The van der Waals surface area contributed by atoms with Gasteiger partial charge >= 0.3 is 0 Å². The van der Waals surface area contributed by atoms with Crippen LogP contribution in [0.4, 0.5) is 0 Å². The van der Waals surface area contributed by atoms with Gasteiger partial charge in [0, 0.05) is 0 Å². The van der Waals surface area contributed by atoms with Crippen molar-refractivity contribution in [2.24, 2.45) is 0 Å². The van der Waals surface area contributed by atoms with E-state index in [2.05, 4.69) is 76.8 Å². The summed E-state index contributed by atoms with van der Waals surface area (Å²) < 4.78 is 0. The molecular weight excluding hydrogens is 271 g/mol. The Morgan fingerprint density at radius 1 is 0.810 bits per heavy atom. The van der Waals surface area contributed by atoms with E-state index in [1.54, 1.807) is 10.6 Å². The number of aryl methyl sites for hydroxylation is 4. The molecule has 2 rings (SSSR count). The van der Waals surface area contributed by atoms with Gasteiger partial charge in [0.1, 0.15) is 0 Å². The van der Waals surface area contributed by atoms with E-state index in [4.69, 9.17) is 0 Å². The third-order valence-electron chi connectivity index (χ3n) is 3.98. The van der Waals surface area contributed by atoms with Gasteiger partial charge in [0.2, 0.25) is 0 Å². The van der Waals surface area contributed by atoms with Crippen LogP contribution in [-0.4, -0.2) is 5.80 Å². The quantitative estimate of drug-likeness (QED) is 0.719. The zero-order valence-electron chi connectivity index (χ0n) is 14.0. The Morgan fingerprint density at radius 3 is 1.67 bits per heavy atom. The van der Waals surface area contributed by atoms with Gasteiger partial charge in [-0.2, -0.15) is 0 Å². The van der Waals surface area contributed by atoms with Gasteiger partial charge in [-0.1, -0.05) is 74.2 Å². The summed E-state index contributed by atoms with van der Waals surface area (Å²) in [6, 6.07) is 13.9. The van der Waals surface area contributed by atoms with E-state index < -0.39 is 7.55 Å². The molecule has 2 aromatic carbocycles. The molecule has 21 heavy (non-hydrogen) atoms. The van der Waals surface area contributed by atoms with E-state index in [0.29, 0.717) is 0 Å². The molecule has 0 amide bonds. The molecule has 0 fully saturated rings. The molecule has 0 saturated carbocycles. The van der Waals surface area contributed by atoms with Crippen LogP contribution < -0.4 is 10.6 Å². The van der Waals surface area contributed by atoms with Gasteiger partial charge in [0.15, 0.2) is 0 Å². The summed E-state index contributed by atoms with van der Waals surface area (Å²) in [6.07, 6.45) is 2.43. The van der Waals surface area contributed by atoms with Crippen LogP contribution in [0.15, 0.2) is 36.4 Å². The third-order valence-corrected chi connectivity index (χ3v) is 6.96. The Kier molecular flexibility index (Phi) is 5.48. The molecule has 2 aromatic rings. The molecule has 0 atom stereocenters. The zero-order chi connectivity index (χ0) is 15.4. The zero-order valence-corrected chi connectivity index (χ0v) is 15.0. The first-order chi connectivity index (χ1) is 10.0. The summed E-state index contributed by atoms with van der Waals surface area (Å²) >= 11 is 0. The molecule has 0 nitrogen and oxygen atoms in total. The normalized spacial score (nSPS) is 11.0. The van der Waals surface area contributed by atoms with Gasteiger partial charge in [-0.25, -0.2) is 0 Å². The number of unbranched alkanes of at least 4 members (excludes halogenated alkanes) is 1. The van der Waals surface area contributed by atoms with Crippen molar-refractivity contribution >= 4 is 24.0 Å². The van der Waals surface area contributed by atoms with Crippen molar-refractivity contribution in [1.82, 2.24) is 0 Å². The lowest BCUT2D eigenvalue weighted by molar-refractivity contribution is 1.02. The molecular formula is C20H27P. The maximum Gasteiger partial charge on any atom is -0.0205 e. The van der Waals surface area contributed by atoms with Gasteiger partial charge in [0.25, 0.3) is 0 Å². The topological polar surface area (TPSA) is 0 Å². The fourth-order valence-corrected chi connectivity index (χ4v) is 5.71. The molecule has 0 bridgehead atoms. The highest BCUT2D eigenvalue weighted by Crippen LogP contribution is 2.26. The monoisotopic (exact) mass is 298 g/mol. The summed E-state index contributed by atoms with van der Waals surface area (Å²) in [7, 11) is -0.781. The molecule has 0 N–H and O–H groups in total. The van der Waals surface area contributed by atoms with Crippen LogP contribution in [0.5, 0.6) is 0 Å². The maximum atomic E-state index is 2.58. The molecule has 0 aromatic heterocycles. The summed E-state index contributed by atoms with van der Waals surface area (Å²) in [6.45, 7) is 11.1. The van der Waals surface area contributed by atoms with Crippen molar-refractivity contribution in [3.05, 3.63) is 58.7 Å². The first-order valence-electron chi connectivity index (χ1n) is 7.88. The molecule has 0 unspecified atom stereocenters. The predicted molar refractivity (Wildman–Crippen MR) is 100 cm³/mol. The molecule has 0 radical (unpaired) electrons. The van der Waals surface area contributed by atoms with Crippen LogP contribution in [0.25, 0.3) is 0 Å². The SMILES string of the molecule is CCCC=[PH](c1ccc(C)cc1C)c1ccc(C)cc1C. The average Bonchev–Trinajstić information content (AvgIpc) is 2.42. The van der Waals surface area contributed by atoms with Crippen LogP contribution in [-0.2, 0) is 0 Å². The first-order valence-corrected chi connectivity index (χ1v) is 9.46. The predicted octanol–water partition coefficient (Wildman–Crippen LogP) is 4.69. The van der Waals surface area contributed by atoms with Crippen LogP contribution in [0, 0.1) is 27.7 Å². The first kappa shape index (κ1) is 16.1. The van der Waals surface area contributed by atoms with Gasteiger partial charge in [-0.3, -0.25) is 0 Å². The third kappa shape index (κ3) is 3.89. The number of rotatable bonds is 4. The Hall–Kier alpha value is -1.26. The molecule has 0 aliphatic heterocycles. The molecule has 1 heteroatoms. The number of hydrogen-bond acceptors (Lipinski definition) is 0. The summed E-state index contributed by atoms with van der Waals surface area (Å²) in [5.41, 5.74) is 5.59. The molecule has 0 heterocycles. The fourth-order valence-electron chi connectivity index (χ4n) is 2.89. The van der Waals surface area contributed by atoms with Crippen molar-refractivity contribution in [1.29, 1.82) is 0 Å². The minimum atomic E-state index is -0.781. The smallest absolute Gasteiger partial charge is 0.0205 e. The van der Waals surface area contributed by atoms with Gasteiger partial charge in [-0.05, 0) is 55.9 Å². The van der Waals surface area contributed by atoms with E-state index in [-0.39, 0.29) is 0 Å². The van der Waals surface area contributed by atoms with Crippen LogP contribution in [0.2, 0.25) is 0 Å². The highest BCUT2D eigenvalue weighted by Gasteiger charge is 2.09. The number of benzene rings is 2. The molecule has 112 valence electrons. The highest BCUT2D eigenvalue weighted by molar-refractivity contribution is 7.72. The fraction of sp³-hybridized carbons (Fsp3) is 0.350. The van der Waals surface area contributed by atoms with Crippen molar-refractivity contribution in [2.45, 2.75) is 47.5 Å². The van der Waals surface area contributed by atoms with Crippen LogP contribution >= 0.6 is 7.55 Å². The van der Waals surface area contributed by atoms with E-state index >= 15 is 0 Å². The maximum absolute atomic E-state index is 2.58. The van der Waals surface area contributed by atoms with Crippen molar-refractivity contribution in [3.63, 3.8) is 0 Å². The lowest BCUT2D eigenvalue weighted by Crippen LogP contribution is -2.14. The summed E-state index contributed by atoms with van der Waals surface area (Å²) in [5.74, 6) is 2.58. The Labute approximate surface area is 130 Å². The average molecular weight is 298 g/mol. The molecule has 0 aliphatic rings. The minimum absolute atomic E-state index is 0.781. The lowest BCUT2D eigenvalue weighted by atomic mass is 10.2. The van der Waals surface area contributed by atoms with E-state index in [9.17, 15) is 0 Å². The molecule has 0 saturated heterocycles. The number of hydrogen-bond donors (Lipinski definition) is 0. The largest absolute Gasteiger partial charge is 0.0809 e. The summed E-state index contributed by atoms with van der Waals surface area (Å²) in [4.78, 5) is 0. The van der Waals surface area contributed by atoms with Crippen molar-refractivity contribution in [2.75, 3.05) is 0 Å². The minimum Gasteiger partial charge on any atom is -0.0809 e. The summed E-state index contributed by atoms with van der Waals surface area (Å²) in [5, 5.41) is 3.09. The van der Waals surface area contributed by atoms with E-state index in [1.165, 1.54) is 35.1 Å². The van der Waals surface area contributed by atoms with Gasteiger partial charge < -0.3 is 0 Å². The lowest BCUT2D eigenvalue weighted by Gasteiger charge is -2.16. The van der Waals surface area contributed by atoms with Gasteiger partial charge in [0.05, 0.1) is 0 Å². The standard InChI is InChI=1S/C20H27P/c1-6-7-12-21(19-10-8-15(2)13-17(19)4)20-11-9-16(3)14-18(20)5/h8-14,21H,6-7H2,1-5H3. The van der Waals surface area contributed by atoms with Crippen molar-refractivity contribution in [3.8, 4) is 0 Å². The second kappa shape index (κ2) is 7.14. The van der Waals surface area contributed by atoms with Gasteiger partial charge in [-0.15, -0.1) is 0 Å². The van der Waals surface area contributed by atoms with E-state index in [1.807, 2.05) is 0 Å². The van der Waals surface area contributed by atoms with Crippen LogP contribution in [0.1, 0.15) is 42.0 Å². The van der Waals surface area contributed by atoms with E-state index in [0.717, 1.165) is 0 Å². The second-order valence-corrected chi connectivity index (χ2v) is 8.36. The Morgan fingerprint density at radius 2 is 1.29 bits per heavy atom. The Bertz CT molecular complexity index is 612.